The Labute approximate surface area is 121 Å². The minimum absolute atomic E-state index is 0.0384. The molecule has 0 saturated heterocycles. The van der Waals surface area contributed by atoms with Gasteiger partial charge in [-0.15, -0.1) is 0 Å². The van der Waals surface area contributed by atoms with Crippen molar-refractivity contribution in [3.05, 3.63) is 48.5 Å². The number of anilines is 1. The van der Waals surface area contributed by atoms with Crippen molar-refractivity contribution in [3.8, 4) is 11.5 Å². The van der Waals surface area contributed by atoms with Crippen LogP contribution in [-0.2, 0) is 9.59 Å². The number of amides is 1. The maximum absolute atomic E-state index is 10.3. The number of aliphatic imine (C=N–C) groups is 1. The van der Waals surface area contributed by atoms with Crippen molar-refractivity contribution in [1.82, 2.24) is 0 Å². The maximum atomic E-state index is 10.3. The number of ether oxygens (including phenoxy) is 2. The van der Waals surface area contributed by atoms with E-state index in [0.717, 1.165) is 0 Å². The lowest BCUT2D eigenvalue weighted by atomic mass is 10.3. The van der Waals surface area contributed by atoms with Crippen LogP contribution in [0, 0.1) is 0 Å². The fraction of sp³-hybridized carbons (Fsp3) is 0.0667. The highest BCUT2D eigenvalue weighted by Gasteiger charge is 1.97. The van der Waals surface area contributed by atoms with Gasteiger partial charge < -0.3 is 14.8 Å². The molecule has 1 N–H and O–H groups in total. The minimum atomic E-state index is 0.0384. The topological polar surface area (TPSA) is 77.0 Å². The van der Waals surface area contributed by atoms with Crippen LogP contribution in [0.3, 0.4) is 0 Å². The standard InChI is InChI=1S/C15H12N2O4/c18-9-16-12-1-5-14(6-2-12)20-11-21-15-7-3-13(4-8-15)17-10-19/h1-9H,11H2,(H,16,18). The van der Waals surface area contributed by atoms with Crippen LogP contribution in [0.15, 0.2) is 53.5 Å². The fourth-order valence-corrected chi connectivity index (χ4v) is 1.55. The number of carbonyl (C=O) groups excluding carboxylic acids is 2. The van der Waals surface area contributed by atoms with Gasteiger partial charge in [-0.25, -0.2) is 4.79 Å². The van der Waals surface area contributed by atoms with Crippen LogP contribution >= 0.6 is 0 Å². The summed E-state index contributed by atoms with van der Waals surface area (Å²) in [7, 11) is 0. The molecule has 6 heteroatoms. The van der Waals surface area contributed by atoms with Crippen LogP contribution in [0.1, 0.15) is 0 Å². The molecule has 106 valence electrons. The minimum Gasteiger partial charge on any atom is -0.458 e. The third kappa shape index (κ3) is 4.49. The van der Waals surface area contributed by atoms with Crippen LogP contribution in [0.2, 0.25) is 0 Å². The second-order valence-corrected chi connectivity index (χ2v) is 3.89. The average Bonchev–Trinajstić information content (AvgIpc) is 2.51. The fourth-order valence-electron chi connectivity index (χ4n) is 1.55. The summed E-state index contributed by atoms with van der Waals surface area (Å²) >= 11 is 0. The monoisotopic (exact) mass is 284 g/mol. The Balaban J connectivity index is 1.83. The van der Waals surface area contributed by atoms with Crippen molar-refractivity contribution >= 4 is 23.9 Å². The van der Waals surface area contributed by atoms with Gasteiger partial charge in [-0.05, 0) is 48.5 Å². The van der Waals surface area contributed by atoms with Crippen molar-refractivity contribution in [3.63, 3.8) is 0 Å². The van der Waals surface area contributed by atoms with E-state index in [1.54, 1.807) is 48.5 Å². The van der Waals surface area contributed by atoms with Gasteiger partial charge in [0.1, 0.15) is 11.5 Å². The predicted octanol–water partition coefficient (Wildman–Crippen LogP) is 2.64. The number of carbonyl (C=O) groups is 1. The quantitative estimate of drug-likeness (QED) is 0.367. The van der Waals surface area contributed by atoms with E-state index in [2.05, 4.69) is 10.3 Å². The summed E-state index contributed by atoms with van der Waals surface area (Å²) in [6.45, 7) is 0.0384. The van der Waals surface area contributed by atoms with Gasteiger partial charge in [0.15, 0.2) is 0 Å². The molecular weight excluding hydrogens is 272 g/mol. The average molecular weight is 284 g/mol. The van der Waals surface area contributed by atoms with Crippen LogP contribution in [0.25, 0.3) is 0 Å². The molecule has 0 unspecified atom stereocenters. The highest BCUT2D eigenvalue weighted by atomic mass is 16.7. The Hall–Kier alpha value is -3.11. The summed E-state index contributed by atoms with van der Waals surface area (Å²) in [5, 5.41) is 2.53. The number of nitrogens with zero attached hydrogens (tertiary/aromatic N) is 1. The molecule has 0 aliphatic rings. The molecule has 2 aromatic carbocycles. The van der Waals surface area contributed by atoms with Crippen LogP contribution < -0.4 is 14.8 Å². The summed E-state index contributed by atoms with van der Waals surface area (Å²) in [6.07, 6.45) is 2.07. The predicted molar refractivity (Wildman–Crippen MR) is 76.5 cm³/mol. The smallest absolute Gasteiger partial charge is 0.240 e. The van der Waals surface area contributed by atoms with E-state index in [9.17, 15) is 9.59 Å². The van der Waals surface area contributed by atoms with Crippen LogP contribution in [0.4, 0.5) is 11.4 Å². The first-order valence-corrected chi connectivity index (χ1v) is 6.05. The van der Waals surface area contributed by atoms with E-state index in [0.29, 0.717) is 29.3 Å². The lowest BCUT2D eigenvalue weighted by molar-refractivity contribution is -0.105. The summed E-state index contributed by atoms with van der Waals surface area (Å²) in [5.41, 5.74) is 1.20. The summed E-state index contributed by atoms with van der Waals surface area (Å²) in [4.78, 5) is 23.8. The molecule has 0 aromatic heterocycles. The summed E-state index contributed by atoms with van der Waals surface area (Å²) in [5.74, 6) is 1.22. The SMILES string of the molecule is O=C=Nc1ccc(OCOc2ccc(NC=O)cc2)cc1. The second-order valence-electron chi connectivity index (χ2n) is 3.89. The van der Waals surface area contributed by atoms with E-state index >= 15 is 0 Å². The number of benzene rings is 2. The lowest BCUT2D eigenvalue weighted by Gasteiger charge is -2.09. The molecule has 21 heavy (non-hydrogen) atoms. The molecule has 2 rings (SSSR count). The van der Waals surface area contributed by atoms with Gasteiger partial charge in [-0.1, -0.05) is 0 Å². The molecule has 0 aliphatic heterocycles. The Morgan fingerprint density at radius 1 is 1.00 bits per heavy atom. The number of hydrogen-bond acceptors (Lipinski definition) is 5. The summed E-state index contributed by atoms with van der Waals surface area (Å²) < 4.78 is 10.8. The normalized spacial score (nSPS) is 9.33. The first-order chi connectivity index (χ1) is 10.3. The Morgan fingerprint density at radius 2 is 1.57 bits per heavy atom. The lowest BCUT2D eigenvalue weighted by Crippen LogP contribution is -2.05. The van der Waals surface area contributed by atoms with E-state index in [-0.39, 0.29) is 6.79 Å². The zero-order valence-corrected chi connectivity index (χ0v) is 11.0. The highest BCUT2D eigenvalue weighted by molar-refractivity contribution is 5.71. The van der Waals surface area contributed by atoms with Crippen molar-refractivity contribution < 1.29 is 19.1 Å². The number of nitrogens with one attached hydrogen (secondary N) is 1. The number of hydrogen-bond donors (Lipinski definition) is 1. The molecule has 0 aliphatic carbocycles. The van der Waals surface area contributed by atoms with E-state index in [4.69, 9.17) is 9.47 Å². The van der Waals surface area contributed by atoms with Gasteiger partial charge in [0.2, 0.25) is 19.3 Å². The van der Waals surface area contributed by atoms with E-state index < -0.39 is 0 Å². The second kappa shape index (κ2) is 7.47. The molecule has 0 bridgehead atoms. The molecule has 0 radical (unpaired) electrons. The van der Waals surface area contributed by atoms with Gasteiger partial charge in [0.05, 0.1) is 5.69 Å². The van der Waals surface area contributed by atoms with Crippen LogP contribution in [-0.4, -0.2) is 19.3 Å². The molecule has 0 saturated carbocycles. The molecular formula is C15H12N2O4. The van der Waals surface area contributed by atoms with Crippen molar-refractivity contribution in [2.75, 3.05) is 12.1 Å². The first-order valence-electron chi connectivity index (χ1n) is 6.05. The molecule has 0 spiro atoms. The van der Waals surface area contributed by atoms with Crippen LogP contribution in [0.5, 0.6) is 11.5 Å². The molecule has 2 aromatic rings. The highest BCUT2D eigenvalue weighted by Crippen LogP contribution is 2.18. The third-order valence-corrected chi connectivity index (χ3v) is 2.54. The largest absolute Gasteiger partial charge is 0.458 e. The molecule has 0 atom stereocenters. The van der Waals surface area contributed by atoms with Crippen molar-refractivity contribution in [2.45, 2.75) is 0 Å². The third-order valence-electron chi connectivity index (χ3n) is 2.54. The Morgan fingerprint density at radius 3 is 2.10 bits per heavy atom. The van der Waals surface area contributed by atoms with Gasteiger partial charge in [0.25, 0.3) is 0 Å². The molecule has 6 nitrogen and oxygen atoms in total. The maximum Gasteiger partial charge on any atom is 0.240 e. The Kier molecular flexibility index (Phi) is 5.09. The van der Waals surface area contributed by atoms with Gasteiger partial charge in [-0.3, -0.25) is 4.79 Å². The molecule has 0 fully saturated rings. The zero-order chi connectivity index (χ0) is 14.9. The number of isocyanates is 1. The van der Waals surface area contributed by atoms with E-state index in [1.807, 2.05) is 0 Å². The van der Waals surface area contributed by atoms with E-state index in [1.165, 1.54) is 6.08 Å². The van der Waals surface area contributed by atoms with Crippen molar-refractivity contribution in [1.29, 1.82) is 0 Å². The molecule has 1 amide bonds. The molecule has 0 heterocycles. The van der Waals surface area contributed by atoms with Gasteiger partial charge in [0, 0.05) is 5.69 Å². The van der Waals surface area contributed by atoms with Gasteiger partial charge in [-0.2, -0.15) is 4.99 Å². The first kappa shape index (κ1) is 14.3. The number of rotatable bonds is 7. The Bertz CT molecular complexity index is 632. The van der Waals surface area contributed by atoms with Gasteiger partial charge >= 0.3 is 0 Å². The zero-order valence-electron chi connectivity index (χ0n) is 11.0. The summed E-state index contributed by atoms with van der Waals surface area (Å²) in [6, 6.07) is 13.5. The van der Waals surface area contributed by atoms with Crippen molar-refractivity contribution in [2.24, 2.45) is 4.99 Å².